The van der Waals surface area contributed by atoms with Crippen LogP contribution in [0.2, 0.25) is 10.0 Å². The summed E-state index contributed by atoms with van der Waals surface area (Å²) >= 11 is 12.0. The third kappa shape index (κ3) is 4.09. The van der Waals surface area contributed by atoms with Crippen LogP contribution in [0.5, 0.6) is 0 Å². The summed E-state index contributed by atoms with van der Waals surface area (Å²) in [6.07, 6.45) is 1.26. The van der Waals surface area contributed by atoms with Crippen LogP contribution in [-0.4, -0.2) is 23.1 Å². The fourth-order valence-electron chi connectivity index (χ4n) is 3.27. The van der Waals surface area contributed by atoms with E-state index >= 15 is 0 Å². The van der Waals surface area contributed by atoms with Gasteiger partial charge < -0.3 is 5.11 Å². The normalized spacial score (nSPS) is 17.8. The topological polar surface area (TPSA) is 23.5 Å². The van der Waals surface area contributed by atoms with E-state index in [0.717, 1.165) is 31.5 Å². The van der Waals surface area contributed by atoms with Crippen LogP contribution >= 0.6 is 23.2 Å². The Morgan fingerprint density at radius 2 is 1.75 bits per heavy atom. The molecule has 2 aromatic rings. The van der Waals surface area contributed by atoms with E-state index in [0.29, 0.717) is 22.2 Å². The number of likely N-dealkylation sites (tertiary alicyclic amines) is 1. The first-order valence-electron chi connectivity index (χ1n) is 8.13. The monoisotopic (exact) mass is 367 g/mol. The Hall–Kier alpha value is -1.13. The number of halogens is 3. The quantitative estimate of drug-likeness (QED) is 0.814. The maximum absolute atomic E-state index is 13.9. The van der Waals surface area contributed by atoms with Gasteiger partial charge in [-0.1, -0.05) is 41.4 Å². The number of nitrogens with zero attached hydrogens (tertiary/aromatic N) is 1. The zero-order valence-corrected chi connectivity index (χ0v) is 14.8. The van der Waals surface area contributed by atoms with Crippen molar-refractivity contribution in [2.45, 2.75) is 25.5 Å². The molecule has 0 bridgehead atoms. The van der Waals surface area contributed by atoms with E-state index in [4.69, 9.17) is 23.2 Å². The summed E-state index contributed by atoms with van der Waals surface area (Å²) in [7, 11) is 0. The molecule has 0 amide bonds. The minimum Gasteiger partial charge on any atom is -0.388 e. The van der Waals surface area contributed by atoms with Crippen LogP contribution in [0.3, 0.4) is 0 Å². The van der Waals surface area contributed by atoms with Crippen molar-refractivity contribution in [1.82, 2.24) is 4.90 Å². The predicted molar refractivity (Wildman–Crippen MR) is 95.8 cm³/mol. The van der Waals surface area contributed by atoms with E-state index < -0.39 is 6.10 Å². The number of aliphatic hydroxyl groups is 1. The van der Waals surface area contributed by atoms with Crippen molar-refractivity contribution in [2.75, 3.05) is 13.1 Å². The second-order valence-electron chi connectivity index (χ2n) is 6.31. The van der Waals surface area contributed by atoms with Crippen molar-refractivity contribution < 1.29 is 9.50 Å². The van der Waals surface area contributed by atoms with Crippen LogP contribution in [0.4, 0.5) is 4.39 Å². The molecule has 1 atom stereocenters. The van der Waals surface area contributed by atoms with Gasteiger partial charge in [0, 0.05) is 22.2 Å². The van der Waals surface area contributed by atoms with Crippen molar-refractivity contribution in [3.63, 3.8) is 0 Å². The van der Waals surface area contributed by atoms with Gasteiger partial charge in [0.25, 0.3) is 0 Å². The molecule has 0 saturated carbocycles. The molecule has 0 aromatic heterocycles. The van der Waals surface area contributed by atoms with E-state index in [1.165, 1.54) is 6.07 Å². The maximum Gasteiger partial charge on any atom is 0.129 e. The number of aliphatic hydroxyl groups excluding tert-OH is 1. The van der Waals surface area contributed by atoms with Crippen LogP contribution in [0.1, 0.15) is 30.1 Å². The molecule has 1 saturated heterocycles. The molecule has 1 fully saturated rings. The molecule has 0 spiro atoms. The lowest BCUT2D eigenvalue weighted by molar-refractivity contribution is 0.0565. The van der Waals surface area contributed by atoms with Gasteiger partial charge in [0.15, 0.2) is 0 Å². The van der Waals surface area contributed by atoms with E-state index in [-0.39, 0.29) is 11.7 Å². The van der Waals surface area contributed by atoms with Crippen molar-refractivity contribution in [2.24, 2.45) is 5.92 Å². The lowest BCUT2D eigenvalue weighted by Gasteiger charge is -2.34. The molecular formula is C19H20Cl2FNO. The summed E-state index contributed by atoms with van der Waals surface area (Å²) in [6.45, 7) is 2.15. The Morgan fingerprint density at radius 1 is 1.08 bits per heavy atom. The smallest absolute Gasteiger partial charge is 0.129 e. The van der Waals surface area contributed by atoms with Crippen molar-refractivity contribution in [1.29, 1.82) is 0 Å². The van der Waals surface area contributed by atoms with Gasteiger partial charge in [0.05, 0.1) is 6.10 Å². The Kier molecular flexibility index (Phi) is 5.77. The van der Waals surface area contributed by atoms with Gasteiger partial charge in [0.2, 0.25) is 0 Å². The van der Waals surface area contributed by atoms with Gasteiger partial charge in [0.1, 0.15) is 5.82 Å². The molecule has 0 radical (unpaired) electrons. The third-order valence-electron chi connectivity index (χ3n) is 4.73. The molecule has 1 aliphatic rings. The molecule has 128 valence electrons. The zero-order valence-electron chi connectivity index (χ0n) is 13.3. The third-order valence-corrected chi connectivity index (χ3v) is 5.34. The number of benzene rings is 2. The van der Waals surface area contributed by atoms with Crippen LogP contribution in [0, 0.1) is 11.7 Å². The summed E-state index contributed by atoms with van der Waals surface area (Å²) in [6, 6.07) is 12.1. The Labute approximate surface area is 151 Å². The molecule has 2 aromatic carbocycles. The summed E-state index contributed by atoms with van der Waals surface area (Å²) in [5.74, 6) is -0.0515. The highest BCUT2D eigenvalue weighted by atomic mass is 35.5. The lowest BCUT2D eigenvalue weighted by atomic mass is 9.87. The fraction of sp³-hybridized carbons (Fsp3) is 0.368. The first kappa shape index (κ1) is 17.7. The second-order valence-corrected chi connectivity index (χ2v) is 7.15. The summed E-state index contributed by atoms with van der Waals surface area (Å²) in [5.41, 5.74) is 1.45. The van der Waals surface area contributed by atoms with Gasteiger partial charge in [-0.3, -0.25) is 4.90 Å². The average molecular weight is 368 g/mol. The lowest BCUT2D eigenvalue weighted by Crippen LogP contribution is -2.35. The number of hydrogen-bond acceptors (Lipinski definition) is 2. The van der Waals surface area contributed by atoms with Gasteiger partial charge in [-0.15, -0.1) is 0 Å². The molecule has 2 nitrogen and oxygen atoms in total. The second kappa shape index (κ2) is 7.83. The highest BCUT2D eigenvalue weighted by molar-refractivity contribution is 6.31. The van der Waals surface area contributed by atoms with E-state index in [9.17, 15) is 9.50 Å². The van der Waals surface area contributed by atoms with Gasteiger partial charge in [-0.2, -0.15) is 0 Å². The van der Waals surface area contributed by atoms with Crippen LogP contribution < -0.4 is 0 Å². The Morgan fingerprint density at radius 3 is 2.38 bits per heavy atom. The number of piperidine rings is 1. The van der Waals surface area contributed by atoms with Crippen LogP contribution in [-0.2, 0) is 6.54 Å². The van der Waals surface area contributed by atoms with E-state index in [1.54, 1.807) is 24.3 Å². The number of rotatable bonds is 4. The number of hydrogen-bond donors (Lipinski definition) is 1. The van der Waals surface area contributed by atoms with Crippen molar-refractivity contribution in [3.05, 3.63) is 69.5 Å². The SMILES string of the molecule is OC(c1ccc(Cl)cc1)C1CCN(Cc2c(F)cccc2Cl)CC1. The summed E-state index contributed by atoms with van der Waals surface area (Å²) in [4.78, 5) is 2.19. The summed E-state index contributed by atoms with van der Waals surface area (Å²) in [5, 5.41) is 11.7. The summed E-state index contributed by atoms with van der Waals surface area (Å²) < 4.78 is 13.9. The maximum atomic E-state index is 13.9. The molecule has 5 heteroatoms. The van der Waals surface area contributed by atoms with Gasteiger partial charge >= 0.3 is 0 Å². The average Bonchev–Trinajstić information content (AvgIpc) is 2.59. The first-order chi connectivity index (χ1) is 11.5. The fourth-order valence-corrected chi connectivity index (χ4v) is 3.61. The highest BCUT2D eigenvalue weighted by Crippen LogP contribution is 2.32. The Balaban J connectivity index is 1.58. The van der Waals surface area contributed by atoms with Crippen molar-refractivity contribution in [3.8, 4) is 0 Å². The van der Waals surface area contributed by atoms with Gasteiger partial charge in [-0.25, -0.2) is 4.39 Å². The Bertz CT molecular complexity index is 664. The van der Waals surface area contributed by atoms with Crippen molar-refractivity contribution >= 4 is 23.2 Å². The molecule has 1 unspecified atom stereocenters. The van der Waals surface area contributed by atoms with Crippen LogP contribution in [0.15, 0.2) is 42.5 Å². The standard InChI is InChI=1S/C19H20Cl2FNO/c20-15-6-4-13(5-7-15)19(24)14-8-10-23(11-9-14)12-16-17(21)2-1-3-18(16)22/h1-7,14,19,24H,8-12H2. The van der Waals surface area contributed by atoms with Crippen LogP contribution in [0.25, 0.3) is 0 Å². The minimum absolute atomic E-state index is 0.207. The molecule has 3 rings (SSSR count). The molecule has 24 heavy (non-hydrogen) atoms. The van der Waals surface area contributed by atoms with Gasteiger partial charge in [-0.05, 0) is 61.7 Å². The molecule has 1 N–H and O–H groups in total. The largest absolute Gasteiger partial charge is 0.388 e. The molecular weight excluding hydrogens is 348 g/mol. The van der Waals surface area contributed by atoms with E-state index in [2.05, 4.69) is 4.90 Å². The molecule has 1 heterocycles. The zero-order chi connectivity index (χ0) is 17.1. The van der Waals surface area contributed by atoms with E-state index in [1.807, 2.05) is 12.1 Å². The minimum atomic E-state index is -0.485. The molecule has 0 aliphatic carbocycles. The molecule has 1 aliphatic heterocycles. The predicted octanol–water partition coefficient (Wildman–Crippen LogP) is 5.08. The highest BCUT2D eigenvalue weighted by Gasteiger charge is 2.26. The first-order valence-corrected chi connectivity index (χ1v) is 8.89.